The van der Waals surface area contributed by atoms with E-state index in [4.69, 9.17) is 16.2 Å². The van der Waals surface area contributed by atoms with Crippen LogP contribution in [0.15, 0.2) is 18.2 Å². The maximum Gasteiger partial charge on any atom is 0.123 e. The molecule has 1 unspecified atom stereocenters. The highest BCUT2D eigenvalue weighted by molar-refractivity contribution is 5.42. The molecule has 0 saturated carbocycles. The highest BCUT2D eigenvalue weighted by atomic mass is 16.5. The number of methoxy groups -OCH3 is 1. The van der Waals surface area contributed by atoms with E-state index in [0.717, 1.165) is 11.3 Å². The van der Waals surface area contributed by atoms with Crippen LogP contribution in [0.2, 0.25) is 0 Å². The first-order chi connectivity index (χ1) is 8.63. The summed E-state index contributed by atoms with van der Waals surface area (Å²) >= 11 is 0. The van der Waals surface area contributed by atoms with Gasteiger partial charge in [-0.15, -0.1) is 0 Å². The Morgan fingerprint density at radius 2 is 1.74 bits per heavy atom. The van der Waals surface area contributed by atoms with Gasteiger partial charge in [0.1, 0.15) is 5.75 Å². The molecule has 0 aliphatic carbocycles. The fraction of sp³-hybridized carbons (Fsp3) is 0.625. The lowest BCUT2D eigenvalue weighted by atomic mass is 9.78. The standard InChI is InChI=1S/C16H28N2O/c1-15(2,3)11-7-8-13(19-6)12(9-11)14(18)16(4,5)10-17/h7-9,14H,10,17-18H2,1-6H3. The lowest BCUT2D eigenvalue weighted by molar-refractivity contribution is 0.291. The van der Waals surface area contributed by atoms with Gasteiger partial charge in [-0.25, -0.2) is 0 Å². The van der Waals surface area contributed by atoms with Gasteiger partial charge in [0, 0.05) is 11.6 Å². The maximum atomic E-state index is 6.41. The molecule has 0 amide bonds. The third-order valence-corrected chi connectivity index (χ3v) is 3.80. The average Bonchev–Trinajstić information content (AvgIpc) is 2.35. The van der Waals surface area contributed by atoms with E-state index in [1.165, 1.54) is 5.56 Å². The van der Waals surface area contributed by atoms with Gasteiger partial charge in [0.05, 0.1) is 7.11 Å². The Morgan fingerprint density at radius 3 is 2.16 bits per heavy atom. The fourth-order valence-electron chi connectivity index (χ4n) is 1.99. The molecular formula is C16H28N2O. The van der Waals surface area contributed by atoms with Crippen molar-refractivity contribution < 1.29 is 4.74 Å². The molecule has 1 atom stereocenters. The first-order valence-corrected chi connectivity index (χ1v) is 6.77. The number of rotatable bonds is 4. The highest BCUT2D eigenvalue weighted by Crippen LogP contribution is 2.37. The minimum Gasteiger partial charge on any atom is -0.496 e. The smallest absolute Gasteiger partial charge is 0.123 e. The van der Waals surface area contributed by atoms with Crippen LogP contribution < -0.4 is 16.2 Å². The van der Waals surface area contributed by atoms with Crippen molar-refractivity contribution in [3.63, 3.8) is 0 Å². The van der Waals surface area contributed by atoms with Crippen molar-refractivity contribution in [1.29, 1.82) is 0 Å². The van der Waals surface area contributed by atoms with Crippen LogP contribution in [0, 0.1) is 5.41 Å². The number of hydrogen-bond donors (Lipinski definition) is 2. The van der Waals surface area contributed by atoms with Gasteiger partial charge in [-0.05, 0) is 35.1 Å². The maximum absolute atomic E-state index is 6.41. The zero-order chi connectivity index (χ0) is 14.8. The molecule has 108 valence electrons. The van der Waals surface area contributed by atoms with E-state index in [9.17, 15) is 0 Å². The molecular weight excluding hydrogens is 236 g/mol. The van der Waals surface area contributed by atoms with Crippen molar-refractivity contribution >= 4 is 0 Å². The summed E-state index contributed by atoms with van der Waals surface area (Å²) in [5.41, 5.74) is 14.5. The summed E-state index contributed by atoms with van der Waals surface area (Å²) in [7, 11) is 1.68. The molecule has 19 heavy (non-hydrogen) atoms. The van der Waals surface area contributed by atoms with Gasteiger partial charge < -0.3 is 16.2 Å². The number of ether oxygens (including phenoxy) is 1. The van der Waals surface area contributed by atoms with Crippen molar-refractivity contribution in [3.05, 3.63) is 29.3 Å². The lowest BCUT2D eigenvalue weighted by Gasteiger charge is -2.32. The van der Waals surface area contributed by atoms with Crippen LogP contribution in [-0.2, 0) is 5.41 Å². The van der Waals surface area contributed by atoms with Gasteiger partial charge >= 0.3 is 0 Å². The highest BCUT2D eigenvalue weighted by Gasteiger charge is 2.29. The van der Waals surface area contributed by atoms with Crippen LogP contribution >= 0.6 is 0 Å². The minimum atomic E-state index is -0.163. The quantitative estimate of drug-likeness (QED) is 0.879. The van der Waals surface area contributed by atoms with Crippen LogP contribution in [0.25, 0.3) is 0 Å². The van der Waals surface area contributed by atoms with E-state index in [-0.39, 0.29) is 16.9 Å². The zero-order valence-electron chi connectivity index (χ0n) is 13.1. The molecule has 3 nitrogen and oxygen atoms in total. The molecule has 0 radical (unpaired) electrons. The normalized spacial score (nSPS) is 14.3. The summed E-state index contributed by atoms with van der Waals surface area (Å²) in [4.78, 5) is 0. The Hall–Kier alpha value is -1.06. The molecule has 0 aromatic heterocycles. The van der Waals surface area contributed by atoms with Crippen LogP contribution in [0.1, 0.15) is 51.8 Å². The summed E-state index contributed by atoms with van der Waals surface area (Å²) in [6, 6.07) is 6.11. The zero-order valence-corrected chi connectivity index (χ0v) is 13.1. The lowest BCUT2D eigenvalue weighted by Crippen LogP contribution is -2.36. The molecule has 4 N–H and O–H groups in total. The molecule has 0 saturated heterocycles. The summed E-state index contributed by atoms with van der Waals surface area (Å²) < 4.78 is 5.45. The topological polar surface area (TPSA) is 61.3 Å². The van der Waals surface area contributed by atoms with E-state index in [2.05, 4.69) is 46.8 Å². The molecule has 0 heterocycles. The van der Waals surface area contributed by atoms with Gasteiger partial charge in [-0.3, -0.25) is 0 Å². The Morgan fingerprint density at radius 1 is 1.16 bits per heavy atom. The summed E-state index contributed by atoms with van der Waals surface area (Å²) in [5, 5.41) is 0. The third kappa shape index (κ3) is 3.48. The van der Waals surface area contributed by atoms with Crippen LogP contribution in [0.4, 0.5) is 0 Å². The van der Waals surface area contributed by atoms with Crippen LogP contribution in [0.5, 0.6) is 5.75 Å². The Bertz CT molecular complexity index is 433. The van der Waals surface area contributed by atoms with E-state index in [1.807, 2.05) is 6.07 Å². The van der Waals surface area contributed by atoms with Gasteiger partial charge in [-0.1, -0.05) is 40.7 Å². The minimum absolute atomic E-state index is 0.0909. The second kappa shape index (κ2) is 5.51. The second-order valence-corrected chi connectivity index (χ2v) is 6.88. The summed E-state index contributed by atoms with van der Waals surface area (Å²) in [6.45, 7) is 11.3. The Kier molecular flexibility index (Phi) is 4.64. The molecule has 1 aromatic rings. The van der Waals surface area contributed by atoms with Crippen LogP contribution in [-0.4, -0.2) is 13.7 Å². The third-order valence-electron chi connectivity index (χ3n) is 3.80. The second-order valence-electron chi connectivity index (χ2n) is 6.88. The number of benzene rings is 1. The van der Waals surface area contributed by atoms with E-state index < -0.39 is 0 Å². The molecule has 1 rings (SSSR count). The molecule has 0 aliphatic heterocycles. The fourth-order valence-corrected chi connectivity index (χ4v) is 1.99. The van der Waals surface area contributed by atoms with Crippen LogP contribution in [0.3, 0.4) is 0 Å². The van der Waals surface area contributed by atoms with Gasteiger partial charge in [0.25, 0.3) is 0 Å². The number of nitrogens with two attached hydrogens (primary N) is 2. The van der Waals surface area contributed by atoms with Gasteiger partial charge in [-0.2, -0.15) is 0 Å². The summed E-state index contributed by atoms with van der Waals surface area (Å²) in [5.74, 6) is 0.835. The average molecular weight is 264 g/mol. The monoisotopic (exact) mass is 264 g/mol. The van der Waals surface area contributed by atoms with Crippen molar-refractivity contribution in [2.24, 2.45) is 16.9 Å². The molecule has 0 aliphatic rings. The van der Waals surface area contributed by atoms with Crippen molar-refractivity contribution in [2.45, 2.75) is 46.1 Å². The van der Waals surface area contributed by atoms with Gasteiger partial charge in [0.15, 0.2) is 0 Å². The largest absolute Gasteiger partial charge is 0.496 e. The first-order valence-electron chi connectivity index (χ1n) is 6.77. The van der Waals surface area contributed by atoms with E-state index in [1.54, 1.807) is 7.11 Å². The predicted molar refractivity (Wildman–Crippen MR) is 81.5 cm³/mol. The van der Waals surface area contributed by atoms with E-state index >= 15 is 0 Å². The summed E-state index contributed by atoms with van der Waals surface area (Å²) in [6.07, 6.45) is 0. The molecule has 3 heteroatoms. The molecule has 0 spiro atoms. The SMILES string of the molecule is COc1ccc(C(C)(C)C)cc1C(N)C(C)(C)CN. The van der Waals surface area contributed by atoms with Crippen molar-refractivity contribution in [3.8, 4) is 5.75 Å². The Labute approximate surface area is 117 Å². The molecule has 0 fully saturated rings. The van der Waals surface area contributed by atoms with Crippen molar-refractivity contribution in [1.82, 2.24) is 0 Å². The van der Waals surface area contributed by atoms with E-state index in [0.29, 0.717) is 6.54 Å². The van der Waals surface area contributed by atoms with Gasteiger partial charge in [0.2, 0.25) is 0 Å². The molecule has 0 bridgehead atoms. The first kappa shape index (κ1) is 16.0. The van der Waals surface area contributed by atoms with Crippen molar-refractivity contribution in [2.75, 3.05) is 13.7 Å². The number of hydrogen-bond acceptors (Lipinski definition) is 3. The predicted octanol–water partition coefficient (Wildman–Crippen LogP) is 2.98. The Balaban J connectivity index is 3.31. The molecule has 1 aromatic carbocycles.